The van der Waals surface area contributed by atoms with E-state index in [9.17, 15) is 0 Å². The summed E-state index contributed by atoms with van der Waals surface area (Å²) in [6.07, 6.45) is 4.78. The molecule has 2 nitrogen and oxygen atoms in total. The van der Waals surface area contributed by atoms with Crippen molar-refractivity contribution < 1.29 is 5.21 Å². The van der Waals surface area contributed by atoms with Crippen molar-refractivity contribution in [3.05, 3.63) is 65.3 Å². The third-order valence-electron chi connectivity index (χ3n) is 3.14. The minimum Gasteiger partial charge on any atom is -0.410 e. The molecule has 0 radical (unpaired) electrons. The predicted molar refractivity (Wildman–Crippen MR) is 64.6 cm³/mol. The molecule has 16 heavy (non-hydrogen) atoms. The minimum absolute atomic E-state index is 0.619. The second-order valence-electron chi connectivity index (χ2n) is 4.03. The smallest absolute Gasteiger partial charge is 0.113 e. The summed E-state index contributed by atoms with van der Waals surface area (Å²) in [6, 6.07) is 8.28. The van der Waals surface area contributed by atoms with Crippen LogP contribution in [0.4, 0.5) is 0 Å². The van der Waals surface area contributed by atoms with Crippen molar-refractivity contribution in [1.82, 2.24) is 0 Å². The molecule has 0 saturated heterocycles. The standard InChI is InChI=1S/C14H11NO/c1-9-6-7-12-11-5-3-2-4-10(11)8-13(12)14(9)15-16/h2-7,16H,1,8H2. The second kappa shape index (κ2) is 3.20. The number of rotatable bonds is 0. The number of hydrogen-bond donors (Lipinski definition) is 1. The zero-order valence-corrected chi connectivity index (χ0v) is 8.77. The Hall–Kier alpha value is -2.09. The Labute approximate surface area is 93.9 Å². The topological polar surface area (TPSA) is 32.6 Å². The first-order valence-corrected chi connectivity index (χ1v) is 5.22. The maximum absolute atomic E-state index is 9.05. The Morgan fingerprint density at radius 2 is 2.00 bits per heavy atom. The van der Waals surface area contributed by atoms with Crippen LogP contribution in [0.25, 0.3) is 5.57 Å². The molecular formula is C14H11NO. The number of fused-ring (bicyclic) bond motifs is 2. The third-order valence-corrected chi connectivity index (χ3v) is 3.14. The number of benzene rings is 1. The summed E-state index contributed by atoms with van der Waals surface area (Å²) in [6.45, 7) is 3.88. The molecule has 2 aliphatic rings. The maximum atomic E-state index is 9.05. The summed E-state index contributed by atoms with van der Waals surface area (Å²) >= 11 is 0. The zero-order chi connectivity index (χ0) is 11.1. The summed E-state index contributed by atoms with van der Waals surface area (Å²) < 4.78 is 0. The van der Waals surface area contributed by atoms with Crippen molar-refractivity contribution in [2.45, 2.75) is 6.42 Å². The molecule has 78 valence electrons. The lowest BCUT2D eigenvalue weighted by molar-refractivity contribution is 0.319. The van der Waals surface area contributed by atoms with E-state index in [2.05, 4.69) is 29.9 Å². The molecular weight excluding hydrogens is 198 g/mol. The lowest BCUT2D eigenvalue weighted by Gasteiger charge is -2.12. The van der Waals surface area contributed by atoms with Gasteiger partial charge in [-0.15, -0.1) is 0 Å². The van der Waals surface area contributed by atoms with Crippen LogP contribution in [-0.2, 0) is 6.42 Å². The molecule has 1 aromatic carbocycles. The summed E-state index contributed by atoms with van der Waals surface area (Å²) in [4.78, 5) is 0. The van der Waals surface area contributed by atoms with Gasteiger partial charge in [0.05, 0.1) is 0 Å². The fourth-order valence-electron chi connectivity index (χ4n) is 2.37. The molecule has 0 atom stereocenters. The first-order chi connectivity index (χ1) is 7.81. The number of allylic oxidation sites excluding steroid dienone is 5. The highest BCUT2D eigenvalue weighted by atomic mass is 16.4. The van der Waals surface area contributed by atoms with Gasteiger partial charge in [-0.25, -0.2) is 0 Å². The van der Waals surface area contributed by atoms with Crippen molar-refractivity contribution in [3.8, 4) is 0 Å². The molecule has 2 aliphatic carbocycles. The summed E-state index contributed by atoms with van der Waals surface area (Å²) in [5.41, 5.74) is 6.16. The Morgan fingerprint density at radius 1 is 1.19 bits per heavy atom. The van der Waals surface area contributed by atoms with E-state index in [4.69, 9.17) is 5.21 Å². The van der Waals surface area contributed by atoms with E-state index < -0.39 is 0 Å². The first kappa shape index (κ1) is 9.16. The van der Waals surface area contributed by atoms with Crippen molar-refractivity contribution in [2.24, 2.45) is 5.16 Å². The third kappa shape index (κ3) is 1.10. The molecule has 0 bridgehead atoms. The van der Waals surface area contributed by atoms with Crippen LogP contribution >= 0.6 is 0 Å². The van der Waals surface area contributed by atoms with Gasteiger partial charge in [0.15, 0.2) is 0 Å². The van der Waals surface area contributed by atoms with E-state index in [0.29, 0.717) is 5.71 Å². The van der Waals surface area contributed by atoms with Gasteiger partial charge in [0.1, 0.15) is 5.71 Å². The van der Waals surface area contributed by atoms with Gasteiger partial charge in [-0.1, -0.05) is 48.2 Å². The maximum Gasteiger partial charge on any atom is 0.113 e. The highest BCUT2D eigenvalue weighted by Crippen LogP contribution is 2.38. The number of oxime groups is 1. The van der Waals surface area contributed by atoms with Crippen LogP contribution in [0.2, 0.25) is 0 Å². The van der Waals surface area contributed by atoms with Gasteiger partial charge < -0.3 is 5.21 Å². The summed E-state index contributed by atoms with van der Waals surface area (Å²) in [7, 11) is 0. The Bertz CT molecular complexity index is 576. The molecule has 0 unspecified atom stereocenters. The first-order valence-electron chi connectivity index (χ1n) is 5.22. The van der Waals surface area contributed by atoms with E-state index in [1.807, 2.05) is 18.2 Å². The molecule has 0 aliphatic heterocycles. The average Bonchev–Trinajstić information content (AvgIpc) is 2.67. The fourth-order valence-corrected chi connectivity index (χ4v) is 2.37. The SMILES string of the molecule is C=C1C=CC2=C(Cc3ccccc32)C1=NO. The van der Waals surface area contributed by atoms with E-state index in [-0.39, 0.29) is 0 Å². The monoisotopic (exact) mass is 209 g/mol. The quantitative estimate of drug-likeness (QED) is 0.517. The lowest BCUT2D eigenvalue weighted by atomic mass is 9.93. The van der Waals surface area contributed by atoms with Crippen LogP contribution in [0.3, 0.4) is 0 Å². The van der Waals surface area contributed by atoms with Crippen molar-refractivity contribution >= 4 is 11.3 Å². The molecule has 0 heterocycles. The number of nitrogens with zero attached hydrogens (tertiary/aromatic N) is 1. The van der Waals surface area contributed by atoms with Crippen LogP contribution in [0.5, 0.6) is 0 Å². The van der Waals surface area contributed by atoms with Gasteiger partial charge in [0, 0.05) is 6.42 Å². The molecule has 0 saturated carbocycles. The molecule has 0 amide bonds. The van der Waals surface area contributed by atoms with E-state index >= 15 is 0 Å². The Kier molecular flexibility index (Phi) is 1.83. The predicted octanol–water partition coefficient (Wildman–Crippen LogP) is 2.95. The van der Waals surface area contributed by atoms with Crippen molar-refractivity contribution in [2.75, 3.05) is 0 Å². The highest BCUT2D eigenvalue weighted by Gasteiger charge is 2.26. The van der Waals surface area contributed by atoms with Crippen LogP contribution in [0.1, 0.15) is 11.1 Å². The summed E-state index contributed by atoms with van der Waals surface area (Å²) in [5, 5.41) is 12.4. The van der Waals surface area contributed by atoms with Gasteiger partial charge in [-0.2, -0.15) is 0 Å². The van der Waals surface area contributed by atoms with Crippen LogP contribution < -0.4 is 0 Å². The Morgan fingerprint density at radius 3 is 2.81 bits per heavy atom. The fraction of sp³-hybridized carbons (Fsp3) is 0.0714. The number of hydrogen-bond acceptors (Lipinski definition) is 2. The Balaban J connectivity index is 2.21. The van der Waals surface area contributed by atoms with Crippen molar-refractivity contribution in [3.63, 3.8) is 0 Å². The minimum atomic E-state index is 0.619. The molecule has 0 fully saturated rings. The van der Waals surface area contributed by atoms with Gasteiger partial charge >= 0.3 is 0 Å². The van der Waals surface area contributed by atoms with Crippen LogP contribution in [-0.4, -0.2) is 10.9 Å². The van der Waals surface area contributed by atoms with E-state index in [1.165, 1.54) is 11.1 Å². The molecule has 1 N–H and O–H groups in total. The largest absolute Gasteiger partial charge is 0.410 e. The average molecular weight is 209 g/mol. The molecule has 0 spiro atoms. The van der Waals surface area contributed by atoms with Crippen LogP contribution in [0.15, 0.2) is 59.3 Å². The van der Waals surface area contributed by atoms with Gasteiger partial charge in [-0.3, -0.25) is 0 Å². The molecule has 1 aromatic rings. The van der Waals surface area contributed by atoms with Gasteiger partial charge in [-0.05, 0) is 27.8 Å². The summed E-state index contributed by atoms with van der Waals surface area (Å²) in [5.74, 6) is 0. The molecule has 0 aromatic heterocycles. The van der Waals surface area contributed by atoms with E-state index in [1.54, 1.807) is 0 Å². The van der Waals surface area contributed by atoms with Gasteiger partial charge in [0.25, 0.3) is 0 Å². The molecule has 2 heteroatoms. The van der Waals surface area contributed by atoms with E-state index in [0.717, 1.165) is 23.1 Å². The zero-order valence-electron chi connectivity index (χ0n) is 8.77. The molecule has 3 rings (SSSR count). The normalized spacial score (nSPS) is 20.2. The lowest BCUT2D eigenvalue weighted by Crippen LogP contribution is -2.08. The second-order valence-corrected chi connectivity index (χ2v) is 4.03. The van der Waals surface area contributed by atoms with Crippen LogP contribution in [0, 0.1) is 0 Å². The van der Waals surface area contributed by atoms with Gasteiger partial charge in [0.2, 0.25) is 0 Å². The van der Waals surface area contributed by atoms with Crippen molar-refractivity contribution in [1.29, 1.82) is 0 Å². The highest BCUT2D eigenvalue weighted by molar-refractivity contribution is 6.21.